The highest BCUT2D eigenvalue weighted by Crippen LogP contribution is 2.38. The first-order chi connectivity index (χ1) is 13.5. The zero-order valence-corrected chi connectivity index (χ0v) is 16.1. The quantitative estimate of drug-likeness (QED) is 0.566. The number of aryl methyl sites for hydroxylation is 1. The summed E-state index contributed by atoms with van der Waals surface area (Å²) in [6.07, 6.45) is 3.49. The molecule has 1 aliphatic heterocycles. The van der Waals surface area contributed by atoms with Crippen LogP contribution in [0.5, 0.6) is 0 Å². The first-order valence-electron chi connectivity index (χ1n) is 9.91. The van der Waals surface area contributed by atoms with Crippen LogP contribution < -0.4 is 27.3 Å². The highest BCUT2D eigenvalue weighted by molar-refractivity contribution is 5.87. The molecule has 28 heavy (non-hydrogen) atoms. The summed E-state index contributed by atoms with van der Waals surface area (Å²) >= 11 is 0. The lowest BCUT2D eigenvalue weighted by Crippen LogP contribution is -2.44. The van der Waals surface area contributed by atoms with Crippen LogP contribution in [0.15, 0.2) is 21.7 Å². The number of hydrogen-bond donors (Lipinski definition) is 2. The van der Waals surface area contributed by atoms with Crippen LogP contribution in [0.2, 0.25) is 0 Å². The molecule has 0 amide bonds. The van der Waals surface area contributed by atoms with Gasteiger partial charge in [-0.15, -0.1) is 0 Å². The number of fused-ring (bicyclic) bond motifs is 1. The van der Waals surface area contributed by atoms with E-state index in [9.17, 15) is 9.59 Å². The maximum Gasteiger partial charge on any atom is 0.350 e. The summed E-state index contributed by atoms with van der Waals surface area (Å²) in [5.74, 6) is 6.27. The molecule has 2 heterocycles. The second-order valence-electron chi connectivity index (χ2n) is 7.88. The molecule has 2 fully saturated rings. The minimum absolute atomic E-state index is 0.134. The lowest BCUT2D eigenvalue weighted by atomic mass is 10.1. The number of aromatic nitrogens is 2. The van der Waals surface area contributed by atoms with Crippen molar-refractivity contribution in [3.8, 4) is 6.07 Å². The summed E-state index contributed by atoms with van der Waals surface area (Å²) in [5, 5.41) is 12.5. The molecular formula is C20H26N6O2. The van der Waals surface area contributed by atoms with Gasteiger partial charge in [-0.2, -0.15) is 9.94 Å². The Morgan fingerprint density at radius 3 is 2.79 bits per heavy atom. The normalized spacial score (nSPS) is 19.3. The molecule has 4 rings (SSSR count). The van der Waals surface area contributed by atoms with Gasteiger partial charge >= 0.3 is 5.69 Å². The van der Waals surface area contributed by atoms with Crippen LogP contribution in [0.3, 0.4) is 0 Å². The summed E-state index contributed by atoms with van der Waals surface area (Å²) in [4.78, 5) is 27.5. The number of nitrogens with zero attached hydrogens (tertiary/aromatic N) is 4. The number of anilines is 1. The van der Waals surface area contributed by atoms with Crippen molar-refractivity contribution in [1.29, 1.82) is 5.26 Å². The number of nitrogen functional groups attached to an aromatic ring is 1. The first-order valence-corrected chi connectivity index (χ1v) is 9.91. The zero-order valence-electron chi connectivity index (χ0n) is 16.1. The van der Waals surface area contributed by atoms with Crippen molar-refractivity contribution in [3.05, 3.63) is 38.5 Å². The number of nitriles is 1. The minimum atomic E-state index is -0.437. The highest BCUT2D eigenvalue weighted by atomic mass is 16.2. The van der Waals surface area contributed by atoms with Crippen LogP contribution in [0, 0.1) is 24.2 Å². The molecule has 8 heteroatoms. The summed E-state index contributed by atoms with van der Waals surface area (Å²) in [6.45, 7) is 5.48. The van der Waals surface area contributed by atoms with Crippen molar-refractivity contribution in [2.45, 2.75) is 38.6 Å². The van der Waals surface area contributed by atoms with E-state index in [-0.39, 0.29) is 6.04 Å². The van der Waals surface area contributed by atoms with E-state index in [1.165, 1.54) is 0 Å². The molecule has 0 spiro atoms. The molecule has 3 N–H and O–H groups in total. The molecule has 0 radical (unpaired) electrons. The standard InChI is InChI=1S/C20H26N6O2/c1-13-17(24-10-7-14(12-24)11-23-9-2-8-21)6-5-16-18(13)25(15-3-4-15)20(28)26(22)19(16)27/h5-6,14-15,23H,2-4,7,9-12,22H2,1H3. The Morgan fingerprint density at radius 2 is 2.07 bits per heavy atom. The second-order valence-corrected chi connectivity index (χ2v) is 7.88. The second kappa shape index (κ2) is 7.32. The van der Waals surface area contributed by atoms with E-state index in [1.807, 2.05) is 13.0 Å². The van der Waals surface area contributed by atoms with Crippen LogP contribution in [0.4, 0.5) is 5.69 Å². The molecular weight excluding hydrogens is 356 g/mol. The van der Waals surface area contributed by atoms with Crippen molar-refractivity contribution in [2.24, 2.45) is 5.92 Å². The number of rotatable bonds is 6. The molecule has 2 aliphatic rings. The third kappa shape index (κ3) is 3.16. The Kier molecular flexibility index (Phi) is 4.85. The van der Waals surface area contributed by atoms with Crippen molar-refractivity contribution < 1.29 is 0 Å². The maximum atomic E-state index is 12.6. The fourth-order valence-corrected chi connectivity index (χ4v) is 4.28. The SMILES string of the molecule is Cc1c(N2CCC(CNCCC#N)C2)ccc2c(=O)n(N)c(=O)n(C3CC3)c12. The molecule has 1 saturated carbocycles. The van der Waals surface area contributed by atoms with Gasteiger partial charge in [0.15, 0.2) is 0 Å². The molecule has 2 aromatic rings. The van der Waals surface area contributed by atoms with Crippen LogP contribution in [0.1, 0.15) is 37.3 Å². The van der Waals surface area contributed by atoms with Gasteiger partial charge < -0.3 is 16.1 Å². The predicted molar refractivity (Wildman–Crippen MR) is 109 cm³/mol. The minimum Gasteiger partial charge on any atom is -0.371 e. The molecule has 0 bridgehead atoms. The molecule has 1 unspecified atom stereocenters. The highest BCUT2D eigenvalue weighted by Gasteiger charge is 2.30. The Hall–Kier alpha value is -2.79. The first kappa shape index (κ1) is 18.6. The van der Waals surface area contributed by atoms with Gasteiger partial charge in [-0.1, -0.05) is 0 Å². The third-order valence-corrected chi connectivity index (χ3v) is 5.89. The Morgan fingerprint density at radius 1 is 1.29 bits per heavy atom. The van der Waals surface area contributed by atoms with E-state index in [0.717, 1.165) is 66.9 Å². The largest absolute Gasteiger partial charge is 0.371 e. The Labute approximate surface area is 163 Å². The van der Waals surface area contributed by atoms with E-state index in [0.29, 0.717) is 17.7 Å². The van der Waals surface area contributed by atoms with Crippen molar-refractivity contribution in [1.82, 2.24) is 14.6 Å². The van der Waals surface area contributed by atoms with Gasteiger partial charge in [-0.05, 0) is 56.3 Å². The topological polar surface area (TPSA) is 109 Å². The maximum absolute atomic E-state index is 12.6. The monoisotopic (exact) mass is 382 g/mol. The number of nitrogens with two attached hydrogens (primary N) is 1. The van der Waals surface area contributed by atoms with Gasteiger partial charge in [0.1, 0.15) is 0 Å². The molecule has 1 saturated heterocycles. The average Bonchev–Trinajstić information content (AvgIpc) is 3.42. The Balaban J connectivity index is 1.67. The van der Waals surface area contributed by atoms with E-state index in [1.54, 1.807) is 10.6 Å². The van der Waals surface area contributed by atoms with Crippen molar-refractivity contribution >= 4 is 16.6 Å². The summed E-state index contributed by atoms with van der Waals surface area (Å²) in [5.41, 5.74) is 1.91. The molecule has 148 valence electrons. The smallest absolute Gasteiger partial charge is 0.350 e. The predicted octanol–water partition coefficient (Wildman–Crippen LogP) is 0.850. The van der Waals surface area contributed by atoms with Crippen LogP contribution in [0.25, 0.3) is 10.9 Å². The summed E-state index contributed by atoms with van der Waals surface area (Å²) in [7, 11) is 0. The molecule has 1 aliphatic carbocycles. The average molecular weight is 382 g/mol. The zero-order chi connectivity index (χ0) is 19.8. The van der Waals surface area contributed by atoms with E-state index >= 15 is 0 Å². The van der Waals surface area contributed by atoms with Crippen LogP contribution >= 0.6 is 0 Å². The fourth-order valence-electron chi connectivity index (χ4n) is 4.28. The fraction of sp³-hybridized carbons (Fsp3) is 0.550. The van der Waals surface area contributed by atoms with Crippen LogP contribution in [-0.4, -0.2) is 35.4 Å². The Bertz CT molecular complexity index is 1060. The number of nitrogens with one attached hydrogen (secondary N) is 1. The van der Waals surface area contributed by atoms with E-state index in [2.05, 4.69) is 16.3 Å². The van der Waals surface area contributed by atoms with E-state index in [4.69, 9.17) is 11.1 Å². The molecule has 1 atom stereocenters. The van der Waals surface area contributed by atoms with Gasteiger partial charge in [0, 0.05) is 37.8 Å². The lowest BCUT2D eigenvalue weighted by molar-refractivity contribution is 0.521. The summed E-state index contributed by atoms with van der Waals surface area (Å²) in [6, 6.07) is 6.07. The van der Waals surface area contributed by atoms with Gasteiger partial charge in [-0.3, -0.25) is 9.36 Å². The van der Waals surface area contributed by atoms with Gasteiger partial charge in [0.05, 0.1) is 17.0 Å². The van der Waals surface area contributed by atoms with Crippen molar-refractivity contribution in [3.63, 3.8) is 0 Å². The molecule has 1 aromatic carbocycles. The third-order valence-electron chi connectivity index (χ3n) is 5.89. The van der Waals surface area contributed by atoms with Gasteiger partial charge in [0.2, 0.25) is 0 Å². The number of hydrogen-bond acceptors (Lipinski definition) is 6. The van der Waals surface area contributed by atoms with Crippen molar-refractivity contribution in [2.75, 3.05) is 36.9 Å². The van der Waals surface area contributed by atoms with Crippen LogP contribution in [-0.2, 0) is 0 Å². The molecule has 8 nitrogen and oxygen atoms in total. The lowest BCUT2D eigenvalue weighted by Gasteiger charge is -2.23. The van der Waals surface area contributed by atoms with Gasteiger partial charge in [-0.25, -0.2) is 4.79 Å². The molecule has 1 aromatic heterocycles. The van der Waals surface area contributed by atoms with E-state index < -0.39 is 11.2 Å². The van der Waals surface area contributed by atoms with Gasteiger partial charge in [0.25, 0.3) is 5.56 Å². The summed E-state index contributed by atoms with van der Waals surface area (Å²) < 4.78 is 2.45. The number of benzene rings is 1.